The second-order valence-corrected chi connectivity index (χ2v) is 7.21. The van der Waals surface area contributed by atoms with E-state index in [0.29, 0.717) is 12.2 Å². The van der Waals surface area contributed by atoms with Gasteiger partial charge in [-0.15, -0.1) is 5.10 Å². The molecule has 0 aliphatic heterocycles. The van der Waals surface area contributed by atoms with E-state index >= 15 is 0 Å². The minimum Gasteiger partial charge on any atom is -0.340 e. The molecular weight excluding hydrogens is 358 g/mol. The Morgan fingerprint density at radius 3 is 2.59 bits per heavy atom. The Labute approximate surface area is 162 Å². The van der Waals surface area contributed by atoms with Crippen LogP contribution in [0.1, 0.15) is 29.1 Å². The van der Waals surface area contributed by atoms with Crippen LogP contribution < -0.4 is 5.32 Å². The average Bonchev–Trinajstić information content (AvgIpc) is 3.31. The molecule has 0 fully saturated rings. The highest BCUT2D eigenvalue weighted by Gasteiger charge is 2.22. The summed E-state index contributed by atoms with van der Waals surface area (Å²) in [7, 11) is 0. The van der Waals surface area contributed by atoms with Gasteiger partial charge in [0.05, 0.1) is 5.69 Å². The molecule has 0 unspecified atom stereocenters. The van der Waals surface area contributed by atoms with Crippen molar-refractivity contribution in [2.45, 2.75) is 25.7 Å². The quantitative estimate of drug-likeness (QED) is 0.566. The molecule has 4 aromatic rings. The summed E-state index contributed by atoms with van der Waals surface area (Å²) in [6.45, 7) is 0. The topological polar surface area (TPSA) is 55.1 Å². The molecule has 27 heavy (non-hydrogen) atoms. The Hall–Kier alpha value is -2.92. The molecule has 0 saturated carbocycles. The van der Waals surface area contributed by atoms with Gasteiger partial charge in [0, 0.05) is 22.7 Å². The number of benzene rings is 2. The molecule has 5 rings (SSSR count). The maximum absolute atomic E-state index is 5.98. The van der Waals surface area contributed by atoms with Crippen LogP contribution in [0.25, 0.3) is 5.78 Å². The molecule has 0 saturated heterocycles. The van der Waals surface area contributed by atoms with E-state index in [1.165, 1.54) is 5.56 Å². The minimum absolute atomic E-state index is 0.649. The number of para-hydroxylation sites is 1. The second kappa shape index (κ2) is 6.67. The average molecular weight is 376 g/mol. The number of halogens is 1. The first-order chi connectivity index (χ1) is 13.3. The summed E-state index contributed by atoms with van der Waals surface area (Å²) >= 11 is 5.98. The predicted octanol–water partition coefficient (Wildman–Crippen LogP) is 4.60. The SMILES string of the molecule is Clc1ccc(Cc2nc3nc4c(c(Nc5ccccc5)n3n2)CCC4)cc1. The zero-order valence-electron chi connectivity index (χ0n) is 14.7. The highest BCUT2D eigenvalue weighted by molar-refractivity contribution is 6.30. The Kier molecular flexibility index (Phi) is 4.02. The molecule has 0 radical (unpaired) electrons. The standard InChI is InChI=1S/C21H18ClN5/c22-15-11-9-14(10-12-15)13-19-25-21-24-18-8-4-7-17(18)20(27(21)26-19)23-16-5-2-1-3-6-16/h1-3,5-6,9-12,23H,4,7-8,13H2. The minimum atomic E-state index is 0.649. The molecule has 1 aliphatic rings. The molecular formula is C21H18ClN5. The summed E-state index contributed by atoms with van der Waals surface area (Å²) in [5.41, 5.74) is 4.54. The molecule has 1 N–H and O–H groups in total. The van der Waals surface area contributed by atoms with Crippen LogP contribution in [0.5, 0.6) is 0 Å². The fourth-order valence-electron chi connectivity index (χ4n) is 3.57. The molecule has 1 aliphatic carbocycles. The van der Waals surface area contributed by atoms with E-state index in [4.69, 9.17) is 21.7 Å². The van der Waals surface area contributed by atoms with Gasteiger partial charge in [-0.3, -0.25) is 0 Å². The third-order valence-corrected chi connectivity index (χ3v) is 5.12. The zero-order chi connectivity index (χ0) is 18.2. The van der Waals surface area contributed by atoms with Gasteiger partial charge in [-0.1, -0.05) is 41.9 Å². The number of fused-ring (bicyclic) bond motifs is 2. The van der Waals surface area contributed by atoms with Gasteiger partial charge in [0.25, 0.3) is 5.78 Å². The van der Waals surface area contributed by atoms with E-state index in [9.17, 15) is 0 Å². The number of rotatable bonds is 4. The van der Waals surface area contributed by atoms with Crippen molar-refractivity contribution in [1.82, 2.24) is 19.6 Å². The first kappa shape index (κ1) is 16.3. The summed E-state index contributed by atoms with van der Waals surface area (Å²) in [6.07, 6.45) is 3.78. The van der Waals surface area contributed by atoms with Gasteiger partial charge in [0.1, 0.15) is 5.82 Å². The first-order valence-electron chi connectivity index (χ1n) is 9.10. The van der Waals surface area contributed by atoms with Gasteiger partial charge in [-0.05, 0) is 49.1 Å². The lowest BCUT2D eigenvalue weighted by Gasteiger charge is -2.12. The number of aryl methyl sites for hydroxylation is 1. The second-order valence-electron chi connectivity index (χ2n) is 6.77. The molecule has 0 bridgehead atoms. The maximum atomic E-state index is 5.98. The normalized spacial score (nSPS) is 13.1. The Morgan fingerprint density at radius 1 is 0.963 bits per heavy atom. The number of anilines is 2. The van der Waals surface area contributed by atoms with Gasteiger partial charge < -0.3 is 5.32 Å². The molecule has 0 spiro atoms. The summed E-state index contributed by atoms with van der Waals surface area (Å²) < 4.78 is 1.85. The number of hydrogen-bond acceptors (Lipinski definition) is 4. The lowest BCUT2D eigenvalue weighted by atomic mass is 10.1. The van der Waals surface area contributed by atoms with Gasteiger partial charge in [0.2, 0.25) is 0 Å². The molecule has 2 aromatic heterocycles. The third kappa shape index (κ3) is 3.15. The summed E-state index contributed by atoms with van der Waals surface area (Å²) in [4.78, 5) is 9.44. The Bertz CT molecular complexity index is 1100. The van der Waals surface area contributed by atoms with E-state index < -0.39 is 0 Å². The van der Waals surface area contributed by atoms with Crippen molar-refractivity contribution in [3.8, 4) is 0 Å². The van der Waals surface area contributed by atoms with E-state index in [1.54, 1.807) is 0 Å². The molecule has 5 nitrogen and oxygen atoms in total. The smallest absolute Gasteiger partial charge is 0.254 e. The lowest BCUT2D eigenvalue weighted by molar-refractivity contribution is 0.885. The van der Waals surface area contributed by atoms with E-state index in [0.717, 1.165) is 52.9 Å². The van der Waals surface area contributed by atoms with Crippen LogP contribution in [0.4, 0.5) is 11.5 Å². The van der Waals surface area contributed by atoms with Crippen LogP contribution in [0.3, 0.4) is 0 Å². The van der Waals surface area contributed by atoms with Gasteiger partial charge in [-0.2, -0.15) is 9.50 Å². The molecule has 2 heterocycles. The van der Waals surface area contributed by atoms with Crippen LogP contribution in [0.2, 0.25) is 5.02 Å². The van der Waals surface area contributed by atoms with Crippen LogP contribution in [0, 0.1) is 0 Å². The Morgan fingerprint density at radius 2 is 1.78 bits per heavy atom. The van der Waals surface area contributed by atoms with E-state index in [1.807, 2.05) is 47.0 Å². The number of nitrogens with zero attached hydrogens (tertiary/aromatic N) is 4. The van der Waals surface area contributed by atoms with Crippen LogP contribution in [-0.2, 0) is 19.3 Å². The highest BCUT2D eigenvalue weighted by atomic mass is 35.5. The van der Waals surface area contributed by atoms with Gasteiger partial charge >= 0.3 is 0 Å². The third-order valence-electron chi connectivity index (χ3n) is 4.87. The van der Waals surface area contributed by atoms with Crippen molar-refractivity contribution in [3.05, 3.63) is 82.3 Å². The van der Waals surface area contributed by atoms with Crippen molar-refractivity contribution in [2.75, 3.05) is 5.32 Å². The van der Waals surface area contributed by atoms with Crippen molar-refractivity contribution in [3.63, 3.8) is 0 Å². The van der Waals surface area contributed by atoms with Crippen molar-refractivity contribution in [1.29, 1.82) is 0 Å². The van der Waals surface area contributed by atoms with Crippen LogP contribution >= 0.6 is 11.6 Å². The largest absolute Gasteiger partial charge is 0.340 e. The van der Waals surface area contributed by atoms with Crippen molar-refractivity contribution < 1.29 is 0 Å². The number of hydrogen-bond donors (Lipinski definition) is 1. The summed E-state index contributed by atoms with van der Waals surface area (Å²) in [6, 6.07) is 18.0. The molecule has 6 heteroatoms. The van der Waals surface area contributed by atoms with Crippen LogP contribution in [0.15, 0.2) is 54.6 Å². The molecule has 0 amide bonds. The number of aromatic nitrogens is 4. The highest BCUT2D eigenvalue weighted by Crippen LogP contribution is 2.30. The predicted molar refractivity (Wildman–Crippen MR) is 107 cm³/mol. The Balaban J connectivity index is 1.57. The molecule has 0 atom stereocenters. The van der Waals surface area contributed by atoms with E-state index in [-0.39, 0.29) is 0 Å². The fourth-order valence-corrected chi connectivity index (χ4v) is 3.69. The first-order valence-corrected chi connectivity index (χ1v) is 9.48. The van der Waals surface area contributed by atoms with Gasteiger partial charge in [-0.25, -0.2) is 4.98 Å². The van der Waals surface area contributed by atoms with E-state index in [2.05, 4.69) is 22.4 Å². The van der Waals surface area contributed by atoms with Crippen molar-refractivity contribution in [2.24, 2.45) is 0 Å². The summed E-state index contributed by atoms with van der Waals surface area (Å²) in [5.74, 6) is 2.39. The summed E-state index contributed by atoms with van der Waals surface area (Å²) in [5, 5.41) is 9.02. The maximum Gasteiger partial charge on any atom is 0.254 e. The lowest BCUT2D eigenvalue weighted by Crippen LogP contribution is -2.07. The zero-order valence-corrected chi connectivity index (χ0v) is 15.4. The van der Waals surface area contributed by atoms with Gasteiger partial charge in [0.15, 0.2) is 5.82 Å². The van der Waals surface area contributed by atoms with Crippen molar-refractivity contribution >= 4 is 28.9 Å². The number of nitrogens with one attached hydrogen (secondary N) is 1. The molecule has 134 valence electrons. The molecule has 2 aromatic carbocycles. The monoisotopic (exact) mass is 375 g/mol. The fraction of sp³-hybridized carbons (Fsp3) is 0.190. The van der Waals surface area contributed by atoms with Crippen LogP contribution in [-0.4, -0.2) is 19.6 Å².